The highest BCUT2D eigenvalue weighted by Crippen LogP contribution is 2.15. The first kappa shape index (κ1) is 7.50. The predicted octanol–water partition coefficient (Wildman–Crippen LogP) is -0.990. The minimum atomic E-state index is -0.665. The van der Waals surface area contributed by atoms with Crippen molar-refractivity contribution in [2.45, 2.75) is 31.6 Å². The first-order valence-electron chi connectivity index (χ1n) is 3.24. The highest BCUT2D eigenvalue weighted by Gasteiger charge is 2.34. The minimum absolute atomic E-state index is 0.218. The van der Waals surface area contributed by atoms with Crippen LogP contribution in [0.5, 0.6) is 0 Å². The molecule has 0 aromatic carbocycles. The lowest BCUT2D eigenvalue weighted by Crippen LogP contribution is -2.38. The maximum Gasteiger partial charge on any atom is 0.307 e. The van der Waals surface area contributed by atoms with Gasteiger partial charge in [-0.15, -0.1) is 0 Å². The van der Waals surface area contributed by atoms with Gasteiger partial charge in [-0.05, 0) is 6.92 Å². The number of carbonyl (C=O) groups is 1. The fourth-order valence-corrected chi connectivity index (χ4v) is 1.05. The van der Waals surface area contributed by atoms with Gasteiger partial charge in [0.2, 0.25) is 0 Å². The van der Waals surface area contributed by atoms with Crippen LogP contribution in [0.15, 0.2) is 0 Å². The molecule has 1 aliphatic rings. The molecule has 0 aliphatic carbocycles. The normalized spacial score (nSPS) is 35.7. The zero-order chi connectivity index (χ0) is 7.72. The predicted molar refractivity (Wildman–Crippen MR) is 34.2 cm³/mol. The van der Waals surface area contributed by atoms with Gasteiger partial charge in [-0.3, -0.25) is 4.79 Å². The van der Waals surface area contributed by atoms with Crippen molar-refractivity contribution in [3.05, 3.63) is 0 Å². The fourth-order valence-electron chi connectivity index (χ4n) is 1.05. The number of carbonyl (C=O) groups excluding carboxylic acids is 1. The maximum atomic E-state index is 10.6. The first-order chi connectivity index (χ1) is 4.61. The molecule has 1 saturated heterocycles. The molecule has 4 nitrogen and oxygen atoms in total. The molecule has 0 bridgehead atoms. The second-order valence-corrected chi connectivity index (χ2v) is 2.56. The summed E-state index contributed by atoms with van der Waals surface area (Å²) in [6.07, 6.45) is -0.954. The van der Waals surface area contributed by atoms with Crippen molar-refractivity contribution in [2.75, 3.05) is 0 Å². The molecule has 0 aromatic heterocycles. The molecule has 3 N–H and O–H groups in total. The molecule has 58 valence electrons. The smallest absolute Gasteiger partial charge is 0.307 e. The quantitative estimate of drug-likeness (QED) is 0.465. The van der Waals surface area contributed by atoms with Gasteiger partial charge in [-0.2, -0.15) is 0 Å². The highest BCUT2D eigenvalue weighted by molar-refractivity contribution is 5.72. The van der Waals surface area contributed by atoms with E-state index in [-0.39, 0.29) is 18.4 Å². The van der Waals surface area contributed by atoms with Crippen LogP contribution in [-0.2, 0) is 9.53 Å². The van der Waals surface area contributed by atoms with Gasteiger partial charge in [0, 0.05) is 0 Å². The lowest BCUT2D eigenvalue weighted by atomic mass is 10.1. The molecule has 3 atom stereocenters. The number of esters is 1. The number of aliphatic hydroxyl groups is 1. The Morgan fingerprint density at radius 2 is 2.50 bits per heavy atom. The third kappa shape index (κ3) is 1.27. The monoisotopic (exact) mass is 145 g/mol. The molecule has 1 fully saturated rings. The van der Waals surface area contributed by atoms with Crippen molar-refractivity contribution in [2.24, 2.45) is 5.73 Å². The van der Waals surface area contributed by atoms with Crippen LogP contribution in [-0.4, -0.2) is 29.3 Å². The summed E-state index contributed by atoms with van der Waals surface area (Å²) in [6.45, 7) is 1.56. The summed E-state index contributed by atoms with van der Waals surface area (Å²) < 4.78 is 4.72. The second-order valence-electron chi connectivity index (χ2n) is 2.56. The lowest BCUT2D eigenvalue weighted by molar-refractivity contribution is -0.145. The number of cyclic esters (lactones) is 1. The Hall–Kier alpha value is -0.610. The summed E-state index contributed by atoms with van der Waals surface area (Å²) in [7, 11) is 0. The molecule has 0 unspecified atom stereocenters. The average molecular weight is 145 g/mol. The van der Waals surface area contributed by atoms with E-state index in [1.807, 2.05) is 0 Å². The molecule has 0 amide bonds. The van der Waals surface area contributed by atoms with Crippen molar-refractivity contribution in [1.82, 2.24) is 0 Å². The number of ether oxygens (including phenoxy) is 1. The minimum Gasteiger partial charge on any atom is -0.458 e. The number of aliphatic hydroxyl groups excluding tert-OH is 1. The summed E-state index contributed by atoms with van der Waals surface area (Å²) >= 11 is 0. The van der Waals surface area contributed by atoms with Gasteiger partial charge in [0.05, 0.1) is 18.6 Å². The van der Waals surface area contributed by atoms with Gasteiger partial charge in [0.1, 0.15) is 6.10 Å². The molecule has 1 rings (SSSR count). The van der Waals surface area contributed by atoms with E-state index in [0.717, 1.165) is 0 Å². The Morgan fingerprint density at radius 3 is 2.70 bits per heavy atom. The topological polar surface area (TPSA) is 72.5 Å². The van der Waals surface area contributed by atoms with Gasteiger partial charge < -0.3 is 15.6 Å². The van der Waals surface area contributed by atoms with Gasteiger partial charge in [0.15, 0.2) is 0 Å². The van der Waals surface area contributed by atoms with Crippen LogP contribution in [0.1, 0.15) is 13.3 Å². The van der Waals surface area contributed by atoms with Crippen molar-refractivity contribution >= 4 is 5.97 Å². The maximum absolute atomic E-state index is 10.6. The largest absolute Gasteiger partial charge is 0.458 e. The van der Waals surface area contributed by atoms with E-state index in [4.69, 9.17) is 15.6 Å². The van der Waals surface area contributed by atoms with E-state index in [1.54, 1.807) is 6.92 Å². The summed E-state index contributed by atoms with van der Waals surface area (Å²) in [5, 5.41) is 8.98. The van der Waals surface area contributed by atoms with E-state index in [1.165, 1.54) is 0 Å². The van der Waals surface area contributed by atoms with Crippen molar-refractivity contribution in [3.8, 4) is 0 Å². The summed E-state index contributed by atoms with van der Waals surface area (Å²) in [5.74, 6) is -0.321. The van der Waals surface area contributed by atoms with Crippen LogP contribution in [0, 0.1) is 0 Å². The van der Waals surface area contributed by atoms with Crippen LogP contribution in [0.2, 0.25) is 0 Å². The second kappa shape index (κ2) is 2.56. The average Bonchev–Trinajstić information content (AvgIpc) is 2.10. The van der Waals surface area contributed by atoms with Gasteiger partial charge >= 0.3 is 5.97 Å². The van der Waals surface area contributed by atoms with E-state index in [0.29, 0.717) is 0 Å². The number of hydrogen-bond acceptors (Lipinski definition) is 4. The Balaban J connectivity index is 2.54. The molecule has 0 radical (unpaired) electrons. The van der Waals surface area contributed by atoms with Gasteiger partial charge in [-0.1, -0.05) is 0 Å². The third-order valence-electron chi connectivity index (χ3n) is 1.57. The van der Waals surface area contributed by atoms with Crippen molar-refractivity contribution in [3.63, 3.8) is 0 Å². The van der Waals surface area contributed by atoms with Crippen LogP contribution in [0.3, 0.4) is 0 Å². The van der Waals surface area contributed by atoms with Gasteiger partial charge in [0.25, 0.3) is 0 Å². The number of nitrogens with two attached hydrogens (primary N) is 1. The standard InChI is InChI=1S/C6H11NO3/c1-3(8)6-4(7)2-5(9)10-6/h3-4,6,8H,2,7H2,1H3/t3-,4-,6-/m0/s1. The molecule has 0 spiro atoms. The molecule has 10 heavy (non-hydrogen) atoms. The molecule has 1 aliphatic heterocycles. The molecular formula is C6H11NO3. The van der Waals surface area contributed by atoms with Crippen LogP contribution in [0.25, 0.3) is 0 Å². The van der Waals surface area contributed by atoms with Crippen LogP contribution >= 0.6 is 0 Å². The molecule has 4 heteroatoms. The summed E-state index contributed by atoms with van der Waals surface area (Å²) in [5.41, 5.74) is 5.46. The van der Waals surface area contributed by atoms with Crippen molar-refractivity contribution < 1.29 is 14.6 Å². The van der Waals surface area contributed by atoms with E-state index >= 15 is 0 Å². The molecule has 0 aromatic rings. The van der Waals surface area contributed by atoms with E-state index in [2.05, 4.69) is 0 Å². The van der Waals surface area contributed by atoms with Crippen LogP contribution < -0.4 is 5.73 Å². The highest BCUT2D eigenvalue weighted by atomic mass is 16.6. The van der Waals surface area contributed by atoms with Crippen molar-refractivity contribution in [1.29, 1.82) is 0 Å². The lowest BCUT2D eigenvalue weighted by Gasteiger charge is -2.15. The Kier molecular flexibility index (Phi) is 1.92. The third-order valence-corrected chi connectivity index (χ3v) is 1.57. The molecule has 1 heterocycles. The number of hydrogen-bond donors (Lipinski definition) is 2. The number of rotatable bonds is 1. The Bertz CT molecular complexity index is 146. The first-order valence-corrected chi connectivity index (χ1v) is 3.24. The van der Waals surface area contributed by atoms with Gasteiger partial charge in [-0.25, -0.2) is 0 Å². The molecule has 0 saturated carbocycles. The van der Waals surface area contributed by atoms with Crippen LogP contribution in [0.4, 0.5) is 0 Å². The summed E-state index contributed by atoms with van der Waals surface area (Å²) in [6, 6.07) is -0.340. The summed E-state index contributed by atoms with van der Waals surface area (Å²) in [4.78, 5) is 10.6. The zero-order valence-electron chi connectivity index (χ0n) is 5.78. The fraction of sp³-hybridized carbons (Fsp3) is 0.833. The van der Waals surface area contributed by atoms with E-state index < -0.39 is 12.2 Å². The SMILES string of the molecule is C[C@H](O)[C@@H]1OC(=O)C[C@@H]1N. The molecular weight excluding hydrogens is 134 g/mol. The van der Waals surface area contributed by atoms with E-state index in [9.17, 15) is 4.79 Å². The zero-order valence-corrected chi connectivity index (χ0v) is 5.78. The Labute approximate surface area is 59.0 Å². The Morgan fingerprint density at radius 1 is 1.90 bits per heavy atom.